The van der Waals surface area contributed by atoms with Crippen molar-refractivity contribution in [1.29, 1.82) is 0 Å². The Labute approximate surface area is 245 Å². The molecule has 0 aromatic carbocycles. The van der Waals surface area contributed by atoms with Gasteiger partial charge >= 0.3 is 0 Å². The van der Waals surface area contributed by atoms with Crippen LogP contribution in [0.1, 0.15) is 187 Å². The van der Waals surface area contributed by atoms with Gasteiger partial charge in [0.15, 0.2) is 0 Å². The van der Waals surface area contributed by atoms with E-state index in [2.05, 4.69) is 30.5 Å². The monoisotopic (exact) mass is 551 g/mol. The summed E-state index contributed by atoms with van der Waals surface area (Å²) in [5.41, 5.74) is 0. The van der Waals surface area contributed by atoms with Crippen LogP contribution in [0.3, 0.4) is 0 Å². The molecule has 0 saturated heterocycles. The lowest BCUT2D eigenvalue weighted by molar-refractivity contribution is 0.473. The Hall–Kier alpha value is -0.180. The van der Waals surface area contributed by atoms with E-state index < -0.39 is 0 Å². The molecule has 1 aliphatic heterocycles. The maximum atomic E-state index is 4.83. The van der Waals surface area contributed by atoms with Crippen LogP contribution in [0.15, 0.2) is 4.99 Å². The number of unbranched alkanes of at least 4 members (excludes halogenated alkanes) is 24. The number of nitrogens with zero attached hydrogens (tertiary/aromatic N) is 2. The normalized spacial score (nSPS) is 13.5. The third kappa shape index (κ3) is 23.7. The van der Waals surface area contributed by atoms with E-state index in [1.54, 1.807) is 0 Å². The van der Waals surface area contributed by atoms with Gasteiger partial charge in [0.05, 0.1) is 12.4 Å². The molecule has 2 nitrogen and oxygen atoms in total. The van der Waals surface area contributed by atoms with Crippen molar-refractivity contribution >= 4 is 17.6 Å². The van der Waals surface area contributed by atoms with Gasteiger partial charge in [0.25, 0.3) is 0 Å². The Morgan fingerprint density at radius 3 is 1.34 bits per heavy atom. The van der Waals surface area contributed by atoms with Crippen molar-refractivity contribution < 1.29 is 0 Å². The molecular formula is C35H70N2S. The van der Waals surface area contributed by atoms with Gasteiger partial charge in [-0.15, -0.1) is 0 Å². The molecule has 3 heteroatoms. The van der Waals surface area contributed by atoms with Crippen LogP contribution in [-0.4, -0.2) is 41.9 Å². The van der Waals surface area contributed by atoms with E-state index in [-0.39, 0.29) is 0 Å². The minimum absolute atomic E-state index is 1.04. The Balaban J connectivity index is 1.80. The smallest absolute Gasteiger partial charge is 0.0990 e. The highest BCUT2D eigenvalue weighted by Crippen LogP contribution is 2.17. The van der Waals surface area contributed by atoms with E-state index in [4.69, 9.17) is 4.99 Å². The SMILES string of the molecule is CCCCCCCCCCCCCCCCSCCN1CCN=C1CCCCCCCCCCCCCC. The first kappa shape index (κ1) is 35.8. The molecule has 0 atom stereocenters. The number of hydrogen-bond acceptors (Lipinski definition) is 3. The average molecular weight is 551 g/mol. The zero-order chi connectivity index (χ0) is 27.2. The van der Waals surface area contributed by atoms with Gasteiger partial charge in [0, 0.05) is 25.3 Å². The van der Waals surface area contributed by atoms with Crippen molar-refractivity contribution in [2.24, 2.45) is 4.99 Å². The summed E-state index contributed by atoms with van der Waals surface area (Å²) < 4.78 is 0. The summed E-state index contributed by atoms with van der Waals surface area (Å²) in [6, 6.07) is 0. The highest BCUT2D eigenvalue weighted by atomic mass is 32.2. The number of hydrogen-bond donors (Lipinski definition) is 0. The summed E-state index contributed by atoms with van der Waals surface area (Å²) >= 11 is 2.18. The fourth-order valence-electron chi connectivity index (χ4n) is 5.81. The lowest BCUT2D eigenvalue weighted by Crippen LogP contribution is -2.30. The van der Waals surface area contributed by atoms with Crippen molar-refractivity contribution in [1.82, 2.24) is 4.90 Å². The Morgan fingerprint density at radius 1 is 0.500 bits per heavy atom. The fourth-order valence-corrected chi connectivity index (χ4v) is 6.77. The summed E-state index contributed by atoms with van der Waals surface area (Å²) in [5, 5.41) is 0. The highest BCUT2D eigenvalue weighted by molar-refractivity contribution is 7.99. The summed E-state index contributed by atoms with van der Waals surface area (Å²) in [4.78, 5) is 7.43. The minimum Gasteiger partial charge on any atom is -0.358 e. The molecule has 0 fully saturated rings. The minimum atomic E-state index is 1.04. The van der Waals surface area contributed by atoms with Crippen LogP contribution in [-0.2, 0) is 0 Å². The lowest BCUT2D eigenvalue weighted by atomic mass is 10.0. The quantitative estimate of drug-likeness (QED) is 0.0797. The zero-order valence-corrected chi connectivity index (χ0v) is 27.2. The predicted octanol–water partition coefficient (Wildman–Crippen LogP) is 12.0. The molecule has 0 amide bonds. The lowest BCUT2D eigenvalue weighted by Gasteiger charge is -2.20. The van der Waals surface area contributed by atoms with Crippen LogP contribution in [0.4, 0.5) is 0 Å². The van der Waals surface area contributed by atoms with E-state index in [1.807, 2.05) is 0 Å². The summed E-state index contributed by atoms with van der Waals surface area (Å²) in [6.45, 7) is 8.04. The summed E-state index contributed by atoms with van der Waals surface area (Å²) in [7, 11) is 0. The first-order valence-electron chi connectivity index (χ1n) is 17.7. The molecule has 0 saturated carbocycles. The van der Waals surface area contributed by atoms with Gasteiger partial charge in [-0.25, -0.2) is 0 Å². The molecular weight excluding hydrogens is 480 g/mol. The second-order valence-corrected chi connectivity index (χ2v) is 13.4. The first-order valence-corrected chi connectivity index (χ1v) is 18.9. The Bertz CT molecular complexity index is 492. The van der Waals surface area contributed by atoms with Gasteiger partial charge in [-0.1, -0.05) is 168 Å². The number of aliphatic imine (C=N–C) groups is 1. The standard InChI is InChI=1S/C35H70N2S/c1-3-5-7-9-11-13-15-17-18-20-22-24-26-28-33-38-34-32-37-31-30-36-35(37)29-27-25-23-21-19-16-14-12-10-8-6-4-2/h3-34H2,1-2H3. The number of rotatable bonds is 31. The molecule has 38 heavy (non-hydrogen) atoms. The van der Waals surface area contributed by atoms with Gasteiger partial charge in [-0.3, -0.25) is 4.99 Å². The zero-order valence-electron chi connectivity index (χ0n) is 26.4. The molecule has 0 bridgehead atoms. The van der Waals surface area contributed by atoms with Crippen LogP contribution < -0.4 is 0 Å². The van der Waals surface area contributed by atoms with E-state index in [9.17, 15) is 0 Å². The Morgan fingerprint density at radius 2 is 0.895 bits per heavy atom. The van der Waals surface area contributed by atoms with Gasteiger partial charge in [0.1, 0.15) is 0 Å². The van der Waals surface area contributed by atoms with Gasteiger partial charge in [0.2, 0.25) is 0 Å². The first-order chi connectivity index (χ1) is 18.9. The molecule has 0 N–H and O–H groups in total. The van der Waals surface area contributed by atoms with Crippen LogP contribution in [0.2, 0.25) is 0 Å². The van der Waals surface area contributed by atoms with Crippen molar-refractivity contribution in [2.75, 3.05) is 31.1 Å². The molecule has 0 aromatic heterocycles. The van der Waals surface area contributed by atoms with Crippen LogP contribution in [0.5, 0.6) is 0 Å². The fraction of sp³-hybridized carbons (Fsp3) is 0.971. The molecule has 1 rings (SSSR count). The molecule has 0 unspecified atom stereocenters. The molecule has 0 aromatic rings. The molecule has 1 heterocycles. The van der Waals surface area contributed by atoms with Gasteiger partial charge in [-0.2, -0.15) is 11.8 Å². The second kappa shape index (κ2) is 29.8. The summed E-state index contributed by atoms with van der Waals surface area (Å²) in [6.07, 6.45) is 38.8. The van der Waals surface area contributed by atoms with Crippen molar-refractivity contribution in [3.05, 3.63) is 0 Å². The maximum absolute atomic E-state index is 4.83. The largest absolute Gasteiger partial charge is 0.358 e. The van der Waals surface area contributed by atoms with E-state index in [0.717, 1.165) is 6.54 Å². The van der Waals surface area contributed by atoms with Gasteiger partial charge < -0.3 is 4.90 Å². The van der Waals surface area contributed by atoms with Crippen molar-refractivity contribution in [3.63, 3.8) is 0 Å². The van der Waals surface area contributed by atoms with Crippen LogP contribution >= 0.6 is 11.8 Å². The van der Waals surface area contributed by atoms with E-state index in [0.29, 0.717) is 0 Å². The molecule has 226 valence electrons. The van der Waals surface area contributed by atoms with Gasteiger partial charge in [-0.05, 0) is 18.6 Å². The Kier molecular flexibility index (Phi) is 28.1. The average Bonchev–Trinajstić information content (AvgIpc) is 3.38. The third-order valence-corrected chi connectivity index (χ3v) is 9.48. The van der Waals surface area contributed by atoms with E-state index in [1.165, 1.54) is 204 Å². The third-order valence-electron chi connectivity index (χ3n) is 8.43. The van der Waals surface area contributed by atoms with Crippen LogP contribution in [0, 0.1) is 0 Å². The maximum Gasteiger partial charge on any atom is 0.0990 e. The predicted molar refractivity (Wildman–Crippen MR) is 177 cm³/mol. The highest BCUT2D eigenvalue weighted by Gasteiger charge is 2.15. The second-order valence-electron chi connectivity index (χ2n) is 12.1. The van der Waals surface area contributed by atoms with Crippen molar-refractivity contribution in [3.8, 4) is 0 Å². The number of thioether (sulfide) groups is 1. The molecule has 0 radical (unpaired) electrons. The number of amidine groups is 1. The van der Waals surface area contributed by atoms with E-state index >= 15 is 0 Å². The molecule has 0 aliphatic carbocycles. The topological polar surface area (TPSA) is 15.6 Å². The summed E-state index contributed by atoms with van der Waals surface area (Å²) in [5.74, 6) is 4.07. The van der Waals surface area contributed by atoms with Crippen molar-refractivity contribution in [2.45, 2.75) is 187 Å². The molecule has 0 spiro atoms. The molecule has 1 aliphatic rings. The van der Waals surface area contributed by atoms with Crippen LogP contribution in [0.25, 0.3) is 0 Å².